The van der Waals surface area contributed by atoms with E-state index in [0.29, 0.717) is 6.04 Å². The van der Waals surface area contributed by atoms with Crippen LogP contribution in [0.2, 0.25) is 0 Å². The van der Waals surface area contributed by atoms with Gasteiger partial charge < -0.3 is 5.32 Å². The van der Waals surface area contributed by atoms with E-state index >= 15 is 0 Å². The molecule has 0 radical (unpaired) electrons. The molecule has 0 aromatic heterocycles. The van der Waals surface area contributed by atoms with Crippen molar-refractivity contribution in [3.8, 4) is 0 Å². The van der Waals surface area contributed by atoms with Crippen LogP contribution in [0.4, 0.5) is 0 Å². The third-order valence-corrected chi connectivity index (χ3v) is 3.50. The summed E-state index contributed by atoms with van der Waals surface area (Å²) >= 11 is 0. The van der Waals surface area contributed by atoms with E-state index in [0.717, 1.165) is 6.54 Å². The van der Waals surface area contributed by atoms with Crippen molar-refractivity contribution in [1.82, 2.24) is 5.32 Å². The minimum Gasteiger partial charge on any atom is -0.314 e. The van der Waals surface area contributed by atoms with Crippen molar-refractivity contribution in [1.29, 1.82) is 0 Å². The van der Waals surface area contributed by atoms with Gasteiger partial charge >= 0.3 is 0 Å². The van der Waals surface area contributed by atoms with Gasteiger partial charge in [-0.25, -0.2) is 0 Å². The quantitative estimate of drug-likeness (QED) is 0.858. The van der Waals surface area contributed by atoms with E-state index in [1.807, 2.05) is 0 Å². The smallest absolute Gasteiger partial charge is 0.0148 e. The average molecular weight is 248 g/mol. The fourth-order valence-electron chi connectivity index (χ4n) is 2.88. The predicted octanol–water partition coefficient (Wildman–Crippen LogP) is 3.34. The number of halogens is 1. The molecule has 1 N–H and O–H groups in total. The summed E-state index contributed by atoms with van der Waals surface area (Å²) in [6, 6.07) is 14.0. The third kappa shape index (κ3) is 2.18. The lowest BCUT2D eigenvalue weighted by Crippen LogP contribution is -2.35. The monoisotopic (exact) mass is 247 g/mol. The second-order valence-electron chi connectivity index (χ2n) is 4.60. The first-order valence-electron chi connectivity index (χ1n) is 6.11. The highest BCUT2D eigenvalue weighted by atomic mass is 35.5. The standard InChI is InChI=1S/C15H17N.ClH/c1-2-16-14-9-12-7-3-5-11-6-4-8-13(10-14)15(11)12;/h3-8,14,16H,2,9-10H2,1H3;1H. The lowest BCUT2D eigenvalue weighted by atomic mass is 9.86. The Balaban J connectivity index is 0.00000108. The highest BCUT2D eigenvalue weighted by molar-refractivity contribution is 5.89. The van der Waals surface area contributed by atoms with Gasteiger partial charge in [-0.1, -0.05) is 43.3 Å². The summed E-state index contributed by atoms with van der Waals surface area (Å²) < 4.78 is 0. The van der Waals surface area contributed by atoms with Crippen molar-refractivity contribution in [2.75, 3.05) is 6.54 Å². The summed E-state index contributed by atoms with van der Waals surface area (Å²) in [5.41, 5.74) is 3.01. The van der Waals surface area contributed by atoms with Gasteiger partial charge in [-0.05, 0) is 41.3 Å². The molecule has 0 unspecified atom stereocenters. The molecule has 2 heteroatoms. The molecular formula is C15H18ClN. The lowest BCUT2D eigenvalue weighted by Gasteiger charge is -2.25. The SMILES string of the molecule is CCNC1Cc2cccc3cccc(c23)C1.Cl. The Hall–Kier alpha value is -1.05. The van der Waals surface area contributed by atoms with E-state index in [1.54, 1.807) is 0 Å². The van der Waals surface area contributed by atoms with Gasteiger partial charge in [0.1, 0.15) is 0 Å². The predicted molar refractivity (Wildman–Crippen MR) is 76.1 cm³/mol. The molecule has 0 spiro atoms. The van der Waals surface area contributed by atoms with Crippen LogP contribution in [0.25, 0.3) is 10.8 Å². The van der Waals surface area contributed by atoms with Gasteiger partial charge in [-0.2, -0.15) is 0 Å². The van der Waals surface area contributed by atoms with Gasteiger partial charge in [0, 0.05) is 6.04 Å². The van der Waals surface area contributed by atoms with Crippen LogP contribution in [0.1, 0.15) is 18.1 Å². The molecule has 0 heterocycles. The maximum Gasteiger partial charge on any atom is 0.0148 e. The molecule has 0 aliphatic heterocycles. The summed E-state index contributed by atoms with van der Waals surface area (Å²) in [4.78, 5) is 0. The molecular weight excluding hydrogens is 230 g/mol. The molecule has 1 aliphatic rings. The van der Waals surface area contributed by atoms with Crippen LogP contribution in [-0.2, 0) is 12.8 Å². The molecule has 0 fully saturated rings. The van der Waals surface area contributed by atoms with Crippen LogP contribution in [0, 0.1) is 0 Å². The fraction of sp³-hybridized carbons (Fsp3) is 0.333. The van der Waals surface area contributed by atoms with Crippen molar-refractivity contribution in [3.05, 3.63) is 47.5 Å². The van der Waals surface area contributed by atoms with Crippen molar-refractivity contribution in [2.24, 2.45) is 0 Å². The van der Waals surface area contributed by atoms with E-state index < -0.39 is 0 Å². The highest BCUT2D eigenvalue weighted by Crippen LogP contribution is 2.29. The number of hydrogen-bond donors (Lipinski definition) is 1. The number of hydrogen-bond acceptors (Lipinski definition) is 1. The first kappa shape index (κ1) is 12.4. The van der Waals surface area contributed by atoms with Crippen molar-refractivity contribution < 1.29 is 0 Å². The van der Waals surface area contributed by atoms with Gasteiger partial charge in [-0.3, -0.25) is 0 Å². The van der Waals surface area contributed by atoms with E-state index in [1.165, 1.54) is 34.7 Å². The maximum atomic E-state index is 3.57. The zero-order valence-electron chi connectivity index (χ0n) is 10.1. The average Bonchev–Trinajstić information content (AvgIpc) is 2.30. The molecule has 17 heavy (non-hydrogen) atoms. The molecule has 90 valence electrons. The van der Waals surface area contributed by atoms with Crippen LogP contribution in [0.3, 0.4) is 0 Å². The minimum absolute atomic E-state index is 0. The maximum absolute atomic E-state index is 3.57. The Bertz CT molecular complexity index is 481. The molecule has 0 saturated heterocycles. The van der Waals surface area contributed by atoms with E-state index in [2.05, 4.69) is 48.6 Å². The Kier molecular flexibility index (Phi) is 3.70. The normalized spacial score (nSPS) is 14.6. The van der Waals surface area contributed by atoms with Gasteiger partial charge in [0.2, 0.25) is 0 Å². The van der Waals surface area contributed by atoms with Crippen LogP contribution < -0.4 is 5.32 Å². The van der Waals surface area contributed by atoms with Gasteiger partial charge in [0.15, 0.2) is 0 Å². The Morgan fingerprint density at radius 1 is 1.06 bits per heavy atom. The molecule has 2 aromatic carbocycles. The lowest BCUT2D eigenvalue weighted by molar-refractivity contribution is 0.516. The third-order valence-electron chi connectivity index (χ3n) is 3.50. The van der Waals surface area contributed by atoms with Crippen LogP contribution >= 0.6 is 12.4 Å². The van der Waals surface area contributed by atoms with Gasteiger partial charge in [-0.15, -0.1) is 12.4 Å². The Labute approximate surface area is 109 Å². The summed E-state index contributed by atoms with van der Waals surface area (Å²) in [6.07, 6.45) is 2.34. The summed E-state index contributed by atoms with van der Waals surface area (Å²) in [6.45, 7) is 3.24. The highest BCUT2D eigenvalue weighted by Gasteiger charge is 2.19. The zero-order chi connectivity index (χ0) is 11.0. The van der Waals surface area contributed by atoms with Crippen LogP contribution in [-0.4, -0.2) is 12.6 Å². The Morgan fingerprint density at radius 3 is 2.18 bits per heavy atom. The topological polar surface area (TPSA) is 12.0 Å². The van der Waals surface area contributed by atoms with E-state index in [9.17, 15) is 0 Å². The molecule has 3 rings (SSSR count). The molecule has 0 saturated carbocycles. The number of nitrogens with one attached hydrogen (secondary N) is 1. The first-order valence-corrected chi connectivity index (χ1v) is 6.11. The first-order chi connectivity index (χ1) is 7.88. The molecule has 1 nitrogen and oxygen atoms in total. The second-order valence-corrected chi connectivity index (χ2v) is 4.60. The summed E-state index contributed by atoms with van der Waals surface area (Å²) in [7, 11) is 0. The second kappa shape index (κ2) is 5.07. The van der Waals surface area contributed by atoms with Gasteiger partial charge in [0.25, 0.3) is 0 Å². The van der Waals surface area contributed by atoms with Crippen LogP contribution in [0.15, 0.2) is 36.4 Å². The molecule has 0 atom stereocenters. The van der Waals surface area contributed by atoms with Crippen LogP contribution in [0.5, 0.6) is 0 Å². The number of rotatable bonds is 2. The minimum atomic E-state index is 0. The van der Waals surface area contributed by atoms with E-state index in [4.69, 9.17) is 0 Å². The van der Waals surface area contributed by atoms with Crippen molar-refractivity contribution in [3.63, 3.8) is 0 Å². The Morgan fingerprint density at radius 2 is 1.65 bits per heavy atom. The van der Waals surface area contributed by atoms with Crippen molar-refractivity contribution in [2.45, 2.75) is 25.8 Å². The largest absolute Gasteiger partial charge is 0.314 e. The van der Waals surface area contributed by atoms with Gasteiger partial charge in [0.05, 0.1) is 0 Å². The molecule has 0 amide bonds. The zero-order valence-corrected chi connectivity index (χ0v) is 10.9. The molecule has 2 aromatic rings. The number of benzene rings is 2. The fourth-order valence-corrected chi connectivity index (χ4v) is 2.88. The van der Waals surface area contributed by atoms with E-state index in [-0.39, 0.29) is 12.4 Å². The summed E-state index contributed by atoms with van der Waals surface area (Å²) in [5.74, 6) is 0. The molecule has 0 bridgehead atoms. The molecule has 1 aliphatic carbocycles. The van der Waals surface area contributed by atoms with Crippen molar-refractivity contribution >= 4 is 23.2 Å². The summed E-state index contributed by atoms with van der Waals surface area (Å²) in [5, 5.41) is 6.46. The number of likely N-dealkylation sites (N-methyl/N-ethyl adjacent to an activating group) is 1.